The number of alkyl halides is 3. The van der Waals surface area contributed by atoms with Crippen molar-refractivity contribution in [3.05, 3.63) is 23.4 Å². The fourth-order valence-corrected chi connectivity index (χ4v) is 1.01. The van der Waals surface area contributed by atoms with Gasteiger partial charge in [0.15, 0.2) is 5.78 Å². The number of carbonyl (C=O) groups is 1. The standard InChI is InChI=1S/C9H8F3NO2/c1-5(14)6-3-7(9(10,11)12)8(15-2)13-4-6/h3-4H,1-2H3. The van der Waals surface area contributed by atoms with Gasteiger partial charge in [-0.3, -0.25) is 4.79 Å². The molecule has 6 heteroatoms. The SMILES string of the molecule is COc1ncc(C(C)=O)cc1C(F)(F)F. The van der Waals surface area contributed by atoms with Gasteiger partial charge in [0.25, 0.3) is 0 Å². The molecule has 1 heterocycles. The molecule has 0 atom stereocenters. The van der Waals surface area contributed by atoms with Crippen LogP contribution in [-0.2, 0) is 6.18 Å². The first-order valence-electron chi connectivity index (χ1n) is 3.98. The molecular formula is C9H8F3NO2. The van der Waals surface area contributed by atoms with Crippen LogP contribution in [0.2, 0.25) is 0 Å². The van der Waals surface area contributed by atoms with Gasteiger partial charge in [0.2, 0.25) is 5.88 Å². The fourth-order valence-electron chi connectivity index (χ4n) is 1.01. The second-order valence-electron chi connectivity index (χ2n) is 2.83. The Morgan fingerprint density at radius 2 is 2.07 bits per heavy atom. The maximum Gasteiger partial charge on any atom is 0.421 e. The van der Waals surface area contributed by atoms with Crippen molar-refractivity contribution < 1.29 is 22.7 Å². The van der Waals surface area contributed by atoms with Crippen molar-refractivity contribution in [3.63, 3.8) is 0 Å². The van der Waals surface area contributed by atoms with Crippen molar-refractivity contribution in [1.82, 2.24) is 4.98 Å². The van der Waals surface area contributed by atoms with Crippen LogP contribution in [0.3, 0.4) is 0 Å². The van der Waals surface area contributed by atoms with Crippen LogP contribution in [0.25, 0.3) is 0 Å². The minimum Gasteiger partial charge on any atom is -0.481 e. The van der Waals surface area contributed by atoms with E-state index in [2.05, 4.69) is 9.72 Å². The van der Waals surface area contributed by atoms with Crippen LogP contribution in [0.4, 0.5) is 13.2 Å². The molecule has 82 valence electrons. The number of pyridine rings is 1. The van der Waals surface area contributed by atoms with Crippen molar-refractivity contribution in [1.29, 1.82) is 0 Å². The monoisotopic (exact) mass is 219 g/mol. The number of rotatable bonds is 2. The molecule has 0 amide bonds. The van der Waals surface area contributed by atoms with E-state index in [-0.39, 0.29) is 5.56 Å². The summed E-state index contributed by atoms with van der Waals surface area (Å²) in [6.07, 6.45) is -3.53. The van der Waals surface area contributed by atoms with Gasteiger partial charge in [-0.2, -0.15) is 13.2 Å². The van der Waals surface area contributed by atoms with E-state index in [1.807, 2.05) is 0 Å². The molecule has 0 saturated heterocycles. The largest absolute Gasteiger partial charge is 0.481 e. The normalized spacial score (nSPS) is 11.3. The Morgan fingerprint density at radius 3 is 2.47 bits per heavy atom. The fraction of sp³-hybridized carbons (Fsp3) is 0.333. The number of Topliss-reactive ketones (excluding diaryl/α,β-unsaturated/α-hetero) is 1. The minimum atomic E-state index is -4.58. The molecule has 0 aliphatic rings. The highest BCUT2D eigenvalue weighted by atomic mass is 19.4. The van der Waals surface area contributed by atoms with E-state index in [0.29, 0.717) is 0 Å². The van der Waals surface area contributed by atoms with Crippen LogP contribution in [0.15, 0.2) is 12.3 Å². The Labute approximate surface area is 83.9 Å². The molecule has 0 radical (unpaired) electrons. The minimum absolute atomic E-state index is 0.0943. The van der Waals surface area contributed by atoms with Crippen LogP contribution in [0, 0.1) is 0 Å². The molecule has 0 unspecified atom stereocenters. The van der Waals surface area contributed by atoms with E-state index in [1.165, 1.54) is 6.92 Å². The third kappa shape index (κ3) is 2.45. The van der Waals surface area contributed by atoms with Crippen molar-refractivity contribution in [3.8, 4) is 5.88 Å². The quantitative estimate of drug-likeness (QED) is 0.716. The van der Waals surface area contributed by atoms with Gasteiger partial charge < -0.3 is 4.74 Å². The van der Waals surface area contributed by atoms with Crippen LogP contribution < -0.4 is 4.74 Å². The summed E-state index contributed by atoms with van der Waals surface area (Å²) in [4.78, 5) is 14.3. The number of ether oxygens (including phenoxy) is 1. The second-order valence-corrected chi connectivity index (χ2v) is 2.83. The van der Waals surface area contributed by atoms with Gasteiger partial charge >= 0.3 is 6.18 Å². The first kappa shape index (κ1) is 11.5. The lowest BCUT2D eigenvalue weighted by Crippen LogP contribution is -2.10. The van der Waals surface area contributed by atoms with Crippen molar-refractivity contribution in [2.75, 3.05) is 7.11 Å². The summed E-state index contributed by atoms with van der Waals surface area (Å²) in [6.45, 7) is 1.17. The van der Waals surface area contributed by atoms with E-state index >= 15 is 0 Å². The molecule has 0 spiro atoms. The molecule has 1 aromatic heterocycles. The zero-order valence-corrected chi connectivity index (χ0v) is 8.05. The Kier molecular flexibility index (Phi) is 2.97. The van der Waals surface area contributed by atoms with Gasteiger partial charge in [-0.15, -0.1) is 0 Å². The summed E-state index contributed by atoms with van der Waals surface area (Å²) < 4.78 is 41.8. The van der Waals surface area contributed by atoms with E-state index in [0.717, 1.165) is 19.4 Å². The van der Waals surface area contributed by atoms with Crippen molar-refractivity contribution in [2.24, 2.45) is 0 Å². The first-order valence-corrected chi connectivity index (χ1v) is 3.98. The summed E-state index contributed by atoms with van der Waals surface area (Å²) in [6, 6.07) is 0.730. The number of methoxy groups -OCH3 is 1. The van der Waals surface area contributed by atoms with Crippen LogP contribution >= 0.6 is 0 Å². The number of carbonyl (C=O) groups excluding carboxylic acids is 1. The smallest absolute Gasteiger partial charge is 0.421 e. The lowest BCUT2D eigenvalue weighted by atomic mass is 10.1. The molecule has 15 heavy (non-hydrogen) atoms. The number of halogens is 3. The van der Waals surface area contributed by atoms with Gasteiger partial charge in [0, 0.05) is 11.8 Å². The molecule has 1 aromatic rings. The average Bonchev–Trinajstić information content (AvgIpc) is 2.15. The van der Waals surface area contributed by atoms with E-state index in [9.17, 15) is 18.0 Å². The molecule has 0 aliphatic heterocycles. The number of aromatic nitrogens is 1. The summed E-state index contributed by atoms with van der Waals surface area (Å²) >= 11 is 0. The third-order valence-electron chi connectivity index (χ3n) is 1.76. The van der Waals surface area contributed by atoms with Gasteiger partial charge in [0.1, 0.15) is 5.56 Å². The van der Waals surface area contributed by atoms with Gasteiger partial charge in [-0.25, -0.2) is 4.98 Å². The molecule has 0 N–H and O–H groups in total. The maximum atomic E-state index is 12.4. The van der Waals surface area contributed by atoms with Crippen molar-refractivity contribution in [2.45, 2.75) is 13.1 Å². The molecule has 3 nitrogen and oxygen atoms in total. The van der Waals surface area contributed by atoms with E-state index in [1.54, 1.807) is 0 Å². The summed E-state index contributed by atoms with van der Waals surface area (Å²) in [5.74, 6) is -1.01. The van der Waals surface area contributed by atoms with Gasteiger partial charge in [-0.1, -0.05) is 0 Å². The number of hydrogen-bond acceptors (Lipinski definition) is 3. The van der Waals surface area contributed by atoms with Gasteiger partial charge in [-0.05, 0) is 13.0 Å². The zero-order valence-electron chi connectivity index (χ0n) is 8.05. The highest BCUT2D eigenvalue weighted by Crippen LogP contribution is 2.35. The average molecular weight is 219 g/mol. The predicted molar refractivity (Wildman–Crippen MR) is 45.8 cm³/mol. The maximum absolute atomic E-state index is 12.4. The molecule has 0 aliphatic carbocycles. The van der Waals surface area contributed by atoms with Crippen LogP contribution in [0.1, 0.15) is 22.8 Å². The molecule has 0 fully saturated rings. The Hall–Kier alpha value is -1.59. The lowest BCUT2D eigenvalue weighted by Gasteiger charge is -2.11. The van der Waals surface area contributed by atoms with Crippen LogP contribution in [-0.4, -0.2) is 17.9 Å². The van der Waals surface area contributed by atoms with E-state index in [4.69, 9.17) is 0 Å². The topological polar surface area (TPSA) is 39.2 Å². The predicted octanol–water partition coefficient (Wildman–Crippen LogP) is 2.31. The Bertz CT molecular complexity index is 387. The lowest BCUT2D eigenvalue weighted by molar-refractivity contribution is -0.139. The molecule has 0 bridgehead atoms. The van der Waals surface area contributed by atoms with E-state index < -0.39 is 23.4 Å². The molecular weight excluding hydrogens is 211 g/mol. The third-order valence-corrected chi connectivity index (χ3v) is 1.76. The Balaban J connectivity index is 3.32. The molecule has 1 rings (SSSR count). The first-order chi connectivity index (χ1) is 6.86. The van der Waals surface area contributed by atoms with Crippen molar-refractivity contribution >= 4 is 5.78 Å². The summed E-state index contributed by atoms with van der Waals surface area (Å²) in [7, 11) is 1.09. The zero-order chi connectivity index (χ0) is 11.6. The number of nitrogens with zero attached hydrogens (tertiary/aromatic N) is 1. The molecule has 0 saturated carbocycles. The summed E-state index contributed by atoms with van der Waals surface area (Å²) in [5, 5.41) is 0. The Morgan fingerprint density at radius 1 is 1.47 bits per heavy atom. The highest BCUT2D eigenvalue weighted by molar-refractivity contribution is 5.94. The van der Waals surface area contributed by atoms with Gasteiger partial charge in [0.05, 0.1) is 7.11 Å². The number of hydrogen-bond donors (Lipinski definition) is 0. The summed E-state index contributed by atoms with van der Waals surface area (Å²) in [5.41, 5.74) is -1.14. The number of ketones is 1. The molecule has 0 aromatic carbocycles. The van der Waals surface area contributed by atoms with Crippen LogP contribution in [0.5, 0.6) is 5.88 Å². The second kappa shape index (κ2) is 3.88. The highest BCUT2D eigenvalue weighted by Gasteiger charge is 2.35.